The van der Waals surface area contributed by atoms with Crippen molar-refractivity contribution in [3.05, 3.63) is 29.0 Å². The maximum absolute atomic E-state index is 6.25. The molecule has 0 aromatic carbocycles. The second-order valence-corrected chi connectivity index (χ2v) is 5.84. The van der Waals surface area contributed by atoms with Crippen LogP contribution < -0.4 is 5.32 Å². The molecule has 19 heavy (non-hydrogen) atoms. The van der Waals surface area contributed by atoms with Crippen molar-refractivity contribution in [3.8, 4) is 0 Å². The molecule has 0 spiro atoms. The molecule has 0 radical (unpaired) electrons. The Bertz CT molecular complexity index is 391. The van der Waals surface area contributed by atoms with Gasteiger partial charge in [0, 0.05) is 32.2 Å². The van der Waals surface area contributed by atoms with Crippen LogP contribution in [-0.2, 0) is 11.2 Å². The molecular weight excluding hydrogens is 260 g/mol. The molecule has 2 heterocycles. The number of halogens is 1. The Morgan fingerprint density at radius 3 is 2.89 bits per heavy atom. The second-order valence-electron chi connectivity index (χ2n) is 5.43. The zero-order chi connectivity index (χ0) is 13.6. The smallest absolute Gasteiger partial charge is 0.0621 e. The summed E-state index contributed by atoms with van der Waals surface area (Å²) in [6.45, 7) is 6.03. The fourth-order valence-electron chi connectivity index (χ4n) is 2.70. The summed E-state index contributed by atoms with van der Waals surface area (Å²) in [5.41, 5.74) is 1.48. The van der Waals surface area contributed by atoms with E-state index in [4.69, 9.17) is 16.3 Å². The topological polar surface area (TPSA) is 34.2 Å². The molecule has 0 amide bonds. The molecule has 4 heteroatoms. The normalized spacial score (nSPS) is 18.4. The molecule has 3 nitrogen and oxygen atoms in total. The third-order valence-electron chi connectivity index (χ3n) is 3.90. The van der Waals surface area contributed by atoms with Crippen LogP contribution in [0.2, 0.25) is 5.02 Å². The number of hydrogen-bond acceptors (Lipinski definition) is 3. The SMILES string of the molecule is CCCNCC1(Cc2ccncc2Cl)CCOCC1. The van der Waals surface area contributed by atoms with Crippen LogP contribution in [0.4, 0.5) is 0 Å². The van der Waals surface area contributed by atoms with E-state index < -0.39 is 0 Å². The van der Waals surface area contributed by atoms with Crippen LogP contribution in [-0.4, -0.2) is 31.3 Å². The van der Waals surface area contributed by atoms with Crippen molar-refractivity contribution in [3.63, 3.8) is 0 Å². The lowest BCUT2D eigenvalue weighted by atomic mass is 9.75. The molecule has 106 valence electrons. The number of pyridine rings is 1. The van der Waals surface area contributed by atoms with Gasteiger partial charge in [-0.25, -0.2) is 0 Å². The fraction of sp³-hybridized carbons (Fsp3) is 0.667. The Hall–Kier alpha value is -0.640. The van der Waals surface area contributed by atoms with E-state index >= 15 is 0 Å². The molecule has 1 fully saturated rings. The van der Waals surface area contributed by atoms with Gasteiger partial charge in [0.2, 0.25) is 0 Å². The standard InChI is InChI=1S/C15H23ClN2O/c1-2-6-18-12-15(4-8-19-9-5-15)10-13-3-7-17-11-14(13)16/h3,7,11,18H,2,4-6,8-10,12H2,1H3. The highest BCUT2D eigenvalue weighted by Gasteiger charge is 2.32. The van der Waals surface area contributed by atoms with E-state index in [2.05, 4.69) is 17.2 Å². The molecule has 1 aromatic heterocycles. The van der Waals surface area contributed by atoms with Crippen LogP contribution in [0.25, 0.3) is 0 Å². The van der Waals surface area contributed by atoms with Crippen molar-refractivity contribution >= 4 is 11.6 Å². The monoisotopic (exact) mass is 282 g/mol. The summed E-state index contributed by atoms with van der Waals surface area (Å²) in [6, 6.07) is 2.04. The lowest BCUT2D eigenvalue weighted by Gasteiger charge is -2.38. The molecule has 0 atom stereocenters. The van der Waals surface area contributed by atoms with Crippen molar-refractivity contribution in [1.82, 2.24) is 10.3 Å². The number of hydrogen-bond donors (Lipinski definition) is 1. The Kier molecular flexibility index (Phi) is 5.61. The third kappa shape index (κ3) is 4.16. The van der Waals surface area contributed by atoms with Gasteiger partial charge in [0.25, 0.3) is 0 Å². The highest BCUT2D eigenvalue weighted by Crippen LogP contribution is 2.35. The van der Waals surface area contributed by atoms with Crippen molar-refractivity contribution in [2.75, 3.05) is 26.3 Å². The summed E-state index contributed by atoms with van der Waals surface area (Å²) >= 11 is 6.25. The van der Waals surface area contributed by atoms with E-state index in [1.54, 1.807) is 6.20 Å². The zero-order valence-electron chi connectivity index (χ0n) is 11.6. The molecule has 1 N–H and O–H groups in total. The van der Waals surface area contributed by atoms with Gasteiger partial charge < -0.3 is 10.1 Å². The molecule has 2 rings (SSSR count). The maximum Gasteiger partial charge on any atom is 0.0621 e. The van der Waals surface area contributed by atoms with Crippen molar-refractivity contribution < 1.29 is 4.74 Å². The summed E-state index contributed by atoms with van der Waals surface area (Å²) in [5.74, 6) is 0. The Labute approximate surface area is 120 Å². The number of nitrogens with zero attached hydrogens (tertiary/aromatic N) is 1. The van der Waals surface area contributed by atoms with Crippen LogP contribution in [0.1, 0.15) is 31.7 Å². The average molecular weight is 283 g/mol. The Morgan fingerprint density at radius 2 is 2.21 bits per heavy atom. The minimum atomic E-state index is 0.276. The van der Waals surface area contributed by atoms with E-state index in [1.807, 2.05) is 12.3 Å². The summed E-state index contributed by atoms with van der Waals surface area (Å²) < 4.78 is 5.53. The molecule has 0 bridgehead atoms. The quantitative estimate of drug-likeness (QED) is 0.814. The van der Waals surface area contributed by atoms with Crippen molar-refractivity contribution in [2.45, 2.75) is 32.6 Å². The first-order valence-corrected chi connectivity index (χ1v) is 7.50. The minimum Gasteiger partial charge on any atom is -0.381 e. The third-order valence-corrected chi connectivity index (χ3v) is 4.24. The first-order valence-electron chi connectivity index (χ1n) is 7.13. The van der Waals surface area contributed by atoms with Gasteiger partial charge in [0.1, 0.15) is 0 Å². The first-order chi connectivity index (χ1) is 9.26. The van der Waals surface area contributed by atoms with Crippen LogP contribution in [0.5, 0.6) is 0 Å². The maximum atomic E-state index is 6.25. The fourth-order valence-corrected chi connectivity index (χ4v) is 2.89. The Balaban J connectivity index is 2.06. The van der Waals surface area contributed by atoms with Gasteiger partial charge in [0.15, 0.2) is 0 Å². The zero-order valence-corrected chi connectivity index (χ0v) is 12.4. The highest BCUT2D eigenvalue weighted by molar-refractivity contribution is 6.31. The predicted octanol–water partition coefficient (Wildman–Crippen LogP) is 3.07. The van der Waals surface area contributed by atoms with Crippen LogP contribution in [0, 0.1) is 5.41 Å². The van der Waals surface area contributed by atoms with E-state index in [1.165, 1.54) is 12.0 Å². The molecular formula is C15H23ClN2O. The number of nitrogens with one attached hydrogen (secondary N) is 1. The molecule has 0 aliphatic carbocycles. The Morgan fingerprint density at radius 1 is 1.42 bits per heavy atom. The van der Waals surface area contributed by atoms with E-state index in [-0.39, 0.29) is 5.41 Å². The molecule has 1 aromatic rings. The first kappa shape index (κ1) is 14.8. The van der Waals surface area contributed by atoms with Gasteiger partial charge in [-0.1, -0.05) is 18.5 Å². The number of aromatic nitrogens is 1. The number of ether oxygens (including phenoxy) is 1. The van der Waals surface area contributed by atoms with E-state index in [0.717, 1.165) is 50.6 Å². The molecule has 1 saturated heterocycles. The summed E-state index contributed by atoms with van der Waals surface area (Å²) in [5, 5.41) is 4.35. The molecule has 1 aliphatic heterocycles. The van der Waals surface area contributed by atoms with Gasteiger partial charge in [-0.05, 0) is 49.3 Å². The highest BCUT2D eigenvalue weighted by atomic mass is 35.5. The van der Waals surface area contributed by atoms with Crippen LogP contribution >= 0.6 is 11.6 Å². The van der Waals surface area contributed by atoms with Gasteiger partial charge in [-0.3, -0.25) is 4.98 Å². The molecule has 1 aliphatic rings. The van der Waals surface area contributed by atoms with Crippen LogP contribution in [0.3, 0.4) is 0 Å². The summed E-state index contributed by atoms with van der Waals surface area (Å²) in [4.78, 5) is 4.06. The van der Waals surface area contributed by atoms with Gasteiger partial charge in [-0.2, -0.15) is 0 Å². The number of rotatable bonds is 6. The van der Waals surface area contributed by atoms with Crippen LogP contribution in [0.15, 0.2) is 18.5 Å². The lowest BCUT2D eigenvalue weighted by molar-refractivity contribution is 0.0150. The van der Waals surface area contributed by atoms with Gasteiger partial charge in [0.05, 0.1) is 5.02 Å². The average Bonchev–Trinajstić information content (AvgIpc) is 2.43. The summed E-state index contributed by atoms with van der Waals surface area (Å²) in [6.07, 6.45) is 7.94. The van der Waals surface area contributed by atoms with Gasteiger partial charge in [-0.15, -0.1) is 0 Å². The lowest BCUT2D eigenvalue weighted by Crippen LogP contribution is -2.41. The van der Waals surface area contributed by atoms with E-state index in [9.17, 15) is 0 Å². The van der Waals surface area contributed by atoms with Crippen molar-refractivity contribution in [1.29, 1.82) is 0 Å². The van der Waals surface area contributed by atoms with Crippen molar-refractivity contribution in [2.24, 2.45) is 5.41 Å². The predicted molar refractivity (Wildman–Crippen MR) is 78.6 cm³/mol. The molecule has 0 unspecified atom stereocenters. The van der Waals surface area contributed by atoms with Gasteiger partial charge >= 0.3 is 0 Å². The largest absolute Gasteiger partial charge is 0.381 e. The van der Waals surface area contributed by atoms with E-state index in [0.29, 0.717) is 0 Å². The minimum absolute atomic E-state index is 0.276. The molecule has 0 saturated carbocycles. The summed E-state index contributed by atoms with van der Waals surface area (Å²) in [7, 11) is 0. The second kappa shape index (κ2) is 7.22.